The number of nitrogens with zero attached hydrogens (tertiary/aromatic N) is 2. The Labute approximate surface area is 77.0 Å². The highest BCUT2D eigenvalue weighted by Gasteiger charge is 2.05. The highest BCUT2D eigenvalue weighted by Crippen LogP contribution is 2.18. The van der Waals surface area contributed by atoms with E-state index >= 15 is 0 Å². The normalized spacial score (nSPS) is 12.6. The largest absolute Gasteiger partial charge is 0.331 e. The Morgan fingerprint density at radius 2 is 2.08 bits per heavy atom. The number of fused-ring (bicyclic) bond motifs is 1. The minimum absolute atomic E-state index is 0.0973. The summed E-state index contributed by atoms with van der Waals surface area (Å²) in [5.74, 6) is 0. The van der Waals surface area contributed by atoms with Gasteiger partial charge in [0.2, 0.25) is 0 Å². The van der Waals surface area contributed by atoms with Crippen LogP contribution in [0.5, 0.6) is 0 Å². The molecule has 0 fully saturated rings. The van der Waals surface area contributed by atoms with E-state index in [4.69, 9.17) is 5.26 Å². The Morgan fingerprint density at radius 3 is 2.85 bits per heavy atom. The van der Waals surface area contributed by atoms with Crippen LogP contribution in [-0.4, -0.2) is 4.57 Å². The second-order valence-corrected chi connectivity index (χ2v) is 3.09. The zero-order chi connectivity index (χ0) is 9.26. The van der Waals surface area contributed by atoms with E-state index in [1.807, 2.05) is 42.0 Å². The molecule has 0 spiro atoms. The van der Waals surface area contributed by atoms with Gasteiger partial charge in [0.05, 0.1) is 6.07 Å². The first-order valence-corrected chi connectivity index (χ1v) is 4.28. The van der Waals surface area contributed by atoms with E-state index in [1.54, 1.807) is 0 Å². The van der Waals surface area contributed by atoms with Crippen LogP contribution in [0.4, 0.5) is 0 Å². The molecule has 1 aromatic carbocycles. The van der Waals surface area contributed by atoms with Crippen molar-refractivity contribution in [1.82, 2.24) is 4.57 Å². The van der Waals surface area contributed by atoms with Gasteiger partial charge in [-0.2, -0.15) is 5.26 Å². The molecule has 0 amide bonds. The highest BCUT2D eigenvalue weighted by molar-refractivity contribution is 5.80. The summed E-state index contributed by atoms with van der Waals surface area (Å²) in [6.07, 6.45) is 1.96. The Hall–Kier alpha value is -1.75. The summed E-state index contributed by atoms with van der Waals surface area (Å²) < 4.78 is 1.98. The van der Waals surface area contributed by atoms with E-state index in [0.29, 0.717) is 0 Å². The Bertz CT molecular complexity index is 462. The van der Waals surface area contributed by atoms with Gasteiger partial charge in [0.15, 0.2) is 0 Å². The van der Waals surface area contributed by atoms with Gasteiger partial charge >= 0.3 is 0 Å². The lowest BCUT2D eigenvalue weighted by Crippen LogP contribution is -1.99. The van der Waals surface area contributed by atoms with Gasteiger partial charge in [-0.25, -0.2) is 0 Å². The number of hydrogen-bond acceptors (Lipinski definition) is 1. The van der Waals surface area contributed by atoms with Crippen LogP contribution in [0, 0.1) is 11.3 Å². The third kappa shape index (κ3) is 1.19. The first kappa shape index (κ1) is 7.88. The lowest BCUT2D eigenvalue weighted by Gasteiger charge is -2.05. The molecule has 0 aliphatic carbocycles. The maximum atomic E-state index is 8.80. The van der Waals surface area contributed by atoms with Crippen molar-refractivity contribution in [3.63, 3.8) is 0 Å². The van der Waals surface area contributed by atoms with E-state index in [2.05, 4.69) is 12.1 Å². The van der Waals surface area contributed by atoms with Gasteiger partial charge in [-0.1, -0.05) is 18.2 Å². The van der Waals surface area contributed by atoms with Crippen LogP contribution in [-0.2, 0) is 0 Å². The van der Waals surface area contributed by atoms with Crippen LogP contribution >= 0.6 is 0 Å². The summed E-state index contributed by atoms with van der Waals surface area (Å²) in [6, 6.07) is 12.2. The fraction of sp³-hybridized carbons (Fsp3) is 0.182. The van der Waals surface area contributed by atoms with Gasteiger partial charge in [0.25, 0.3) is 0 Å². The summed E-state index contributed by atoms with van der Waals surface area (Å²) in [7, 11) is 0. The van der Waals surface area contributed by atoms with E-state index in [-0.39, 0.29) is 6.04 Å². The minimum Gasteiger partial charge on any atom is -0.331 e. The van der Waals surface area contributed by atoms with E-state index in [1.165, 1.54) is 5.39 Å². The van der Waals surface area contributed by atoms with E-state index in [0.717, 1.165) is 5.52 Å². The number of hydrogen-bond donors (Lipinski definition) is 0. The molecule has 1 heterocycles. The molecule has 1 aromatic heterocycles. The monoisotopic (exact) mass is 170 g/mol. The molecule has 1 unspecified atom stereocenters. The van der Waals surface area contributed by atoms with Gasteiger partial charge in [-0.15, -0.1) is 0 Å². The standard InChI is InChI=1S/C11H10N2/c1-9(8-12)13-7-6-10-4-2-3-5-11(10)13/h2-7,9H,1H3. The number of benzene rings is 1. The summed E-state index contributed by atoms with van der Waals surface area (Å²) in [5, 5.41) is 9.98. The third-order valence-electron chi connectivity index (χ3n) is 2.23. The number of para-hydroxylation sites is 1. The molecule has 0 bridgehead atoms. The fourth-order valence-electron chi connectivity index (χ4n) is 1.50. The molecule has 0 N–H and O–H groups in total. The van der Waals surface area contributed by atoms with Crippen LogP contribution in [0.3, 0.4) is 0 Å². The van der Waals surface area contributed by atoms with E-state index < -0.39 is 0 Å². The molecule has 2 aromatic rings. The summed E-state index contributed by atoms with van der Waals surface area (Å²) in [5.41, 5.74) is 1.12. The molecule has 64 valence electrons. The smallest absolute Gasteiger partial charge is 0.118 e. The van der Waals surface area contributed by atoms with Crippen molar-refractivity contribution < 1.29 is 0 Å². The Balaban J connectivity index is 2.66. The quantitative estimate of drug-likeness (QED) is 0.646. The summed E-state index contributed by atoms with van der Waals surface area (Å²) >= 11 is 0. The molecule has 1 atom stereocenters. The average molecular weight is 170 g/mol. The van der Waals surface area contributed by atoms with E-state index in [9.17, 15) is 0 Å². The zero-order valence-electron chi connectivity index (χ0n) is 7.44. The summed E-state index contributed by atoms with van der Waals surface area (Å²) in [4.78, 5) is 0. The molecule has 2 heteroatoms. The topological polar surface area (TPSA) is 28.7 Å². The van der Waals surface area contributed by atoms with Crippen molar-refractivity contribution in [2.45, 2.75) is 13.0 Å². The highest BCUT2D eigenvalue weighted by atomic mass is 15.0. The number of nitriles is 1. The molecule has 0 aliphatic rings. The van der Waals surface area contributed by atoms with Crippen molar-refractivity contribution in [1.29, 1.82) is 5.26 Å². The predicted octanol–water partition coefficient (Wildman–Crippen LogP) is 2.73. The Kier molecular flexibility index (Phi) is 1.79. The summed E-state index contributed by atoms with van der Waals surface area (Å²) in [6.45, 7) is 1.90. The molecule has 2 nitrogen and oxygen atoms in total. The lowest BCUT2D eigenvalue weighted by atomic mass is 10.2. The number of rotatable bonds is 1. The lowest BCUT2D eigenvalue weighted by molar-refractivity contribution is 0.701. The second-order valence-electron chi connectivity index (χ2n) is 3.09. The van der Waals surface area contributed by atoms with Crippen LogP contribution in [0.15, 0.2) is 36.5 Å². The number of aromatic nitrogens is 1. The van der Waals surface area contributed by atoms with Crippen LogP contribution in [0.25, 0.3) is 10.9 Å². The second kappa shape index (κ2) is 2.95. The zero-order valence-corrected chi connectivity index (χ0v) is 7.44. The molecule has 0 saturated heterocycles. The van der Waals surface area contributed by atoms with Gasteiger partial charge in [-0.3, -0.25) is 0 Å². The minimum atomic E-state index is -0.0973. The van der Waals surface area contributed by atoms with Gasteiger partial charge in [0, 0.05) is 11.7 Å². The predicted molar refractivity (Wildman–Crippen MR) is 52.3 cm³/mol. The maximum Gasteiger partial charge on any atom is 0.118 e. The third-order valence-corrected chi connectivity index (χ3v) is 2.23. The SMILES string of the molecule is CC(C#N)n1ccc2ccccc21. The van der Waals surface area contributed by atoms with Crippen molar-refractivity contribution in [3.05, 3.63) is 36.5 Å². The molecular weight excluding hydrogens is 160 g/mol. The van der Waals surface area contributed by atoms with Crippen molar-refractivity contribution in [2.24, 2.45) is 0 Å². The maximum absolute atomic E-state index is 8.80. The van der Waals surface area contributed by atoms with Crippen LogP contribution < -0.4 is 0 Å². The molecule has 0 saturated carbocycles. The molecule has 2 rings (SSSR count). The Morgan fingerprint density at radius 1 is 1.31 bits per heavy atom. The van der Waals surface area contributed by atoms with Crippen LogP contribution in [0.2, 0.25) is 0 Å². The van der Waals surface area contributed by atoms with Gasteiger partial charge in [0.1, 0.15) is 6.04 Å². The molecule has 0 aliphatic heterocycles. The van der Waals surface area contributed by atoms with Crippen molar-refractivity contribution in [3.8, 4) is 6.07 Å². The van der Waals surface area contributed by atoms with Gasteiger partial charge < -0.3 is 4.57 Å². The van der Waals surface area contributed by atoms with Gasteiger partial charge in [-0.05, 0) is 24.4 Å². The van der Waals surface area contributed by atoms with Crippen molar-refractivity contribution in [2.75, 3.05) is 0 Å². The fourth-order valence-corrected chi connectivity index (χ4v) is 1.50. The molecule has 13 heavy (non-hydrogen) atoms. The molecule has 0 radical (unpaired) electrons. The average Bonchev–Trinajstić information content (AvgIpc) is 2.60. The first-order chi connectivity index (χ1) is 6.33. The first-order valence-electron chi connectivity index (χ1n) is 4.28. The van der Waals surface area contributed by atoms with Crippen molar-refractivity contribution >= 4 is 10.9 Å². The van der Waals surface area contributed by atoms with Crippen LogP contribution in [0.1, 0.15) is 13.0 Å². The molecular formula is C11H10N2.